The number of hydrogen-bond acceptors (Lipinski definition) is 5. The topological polar surface area (TPSA) is 114 Å². The number of nitrogens with zero attached hydrogens (tertiary/aromatic N) is 2. The summed E-state index contributed by atoms with van der Waals surface area (Å²) >= 11 is 5.84. The van der Waals surface area contributed by atoms with Gasteiger partial charge >= 0.3 is 11.8 Å². The van der Waals surface area contributed by atoms with E-state index in [0.29, 0.717) is 10.7 Å². The zero-order chi connectivity index (χ0) is 18.4. The molecule has 2 N–H and O–H groups in total. The number of carbonyl (C=O) groups is 2. The van der Waals surface area contributed by atoms with E-state index in [1.54, 1.807) is 25.1 Å². The molecule has 2 aromatic carbocycles. The molecule has 0 heterocycles. The molecule has 128 valence electrons. The fraction of sp³-hybridized carbons (Fsp3) is 0.0625. The molecule has 0 saturated heterocycles. The van der Waals surface area contributed by atoms with Crippen LogP contribution in [0.15, 0.2) is 47.6 Å². The Labute approximate surface area is 147 Å². The molecule has 2 amide bonds. The second-order valence-electron chi connectivity index (χ2n) is 4.93. The maximum atomic E-state index is 11.8. The summed E-state index contributed by atoms with van der Waals surface area (Å²) in [5.41, 5.74) is 3.17. The van der Waals surface area contributed by atoms with E-state index in [-0.39, 0.29) is 11.3 Å². The normalized spacial score (nSPS) is 10.5. The molecule has 0 aliphatic heterocycles. The second kappa shape index (κ2) is 8.02. The second-order valence-corrected chi connectivity index (χ2v) is 5.36. The molecule has 0 spiro atoms. The smallest absolute Gasteiger partial charge is 0.317 e. The summed E-state index contributed by atoms with van der Waals surface area (Å²) in [4.78, 5) is 33.9. The largest absolute Gasteiger partial charge is 0.329 e. The van der Waals surface area contributed by atoms with Crippen molar-refractivity contribution in [3.05, 3.63) is 68.7 Å². The fourth-order valence-corrected chi connectivity index (χ4v) is 2.05. The van der Waals surface area contributed by atoms with E-state index in [2.05, 4.69) is 10.4 Å². The lowest BCUT2D eigenvalue weighted by molar-refractivity contribution is -0.385. The van der Waals surface area contributed by atoms with Crippen molar-refractivity contribution in [3.8, 4) is 0 Å². The number of hydrogen-bond donors (Lipinski definition) is 2. The molecular weight excluding hydrogens is 348 g/mol. The third-order valence-corrected chi connectivity index (χ3v) is 3.39. The highest BCUT2D eigenvalue weighted by atomic mass is 35.5. The van der Waals surface area contributed by atoms with Crippen LogP contribution in [0.5, 0.6) is 0 Å². The summed E-state index contributed by atoms with van der Waals surface area (Å²) in [6, 6.07) is 10.7. The molecular formula is C16H13ClN4O4. The number of nitrogens with one attached hydrogen (secondary N) is 2. The van der Waals surface area contributed by atoms with E-state index < -0.39 is 16.7 Å². The van der Waals surface area contributed by atoms with Crippen molar-refractivity contribution >= 4 is 41.0 Å². The number of para-hydroxylation sites is 1. The number of benzene rings is 2. The van der Waals surface area contributed by atoms with Crippen molar-refractivity contribution in [2.24, 2.45) is 5.10 Å². The van der Waals surface area contributed by atoms with Crippen LogP contribution in [0.3, 0.4) is 0 Å². The Hall–Kier alpha value is -3.26. The molecule has 0 aromatic heterocycles. The molecule has 25 heavy (non-hydrogen) atoms. The highest BCUT2D eigenvalue weighted by molar-refractivity contribution is 6.40. The number of nitro groups is 1. The van der Waals surface area contributed by atoms with Crippen molar-refractivity contribution in [3.63, 3.8) is 0 Å². The van der Waals surface area contributed by atoms with E-state index in [1.165, 1.54) is 24.3 Å². The first-order valence-corrected chi connectivity index (χ1v) is 7.40. The lowest BCUT2D eigenvalue weighted by Crippen LogP contribution is -2.32. The lowest BCUT2D eigenvalue weighted by Gasteiger charge is -2.07. The number of rotatable bonds is 4. The van der Waals surface area contributed by atoms with Gasteiger partial charge in [0.1, 0.15) is 0 Å². The number of aryl methyl sites for hydroxylation is 1. The van der Waals surface area contributed by atoms with Gasteiger partial charge in [0.2, 0.25) is 0 Å². The van der Waals surface area contributed by atoms with Gasteiger partial charge in [-0.15, -0.1) is 0 Å². The summed E-state index contributed by atoms with van der Waals surface area (Å²) in [7, 11) is 0. The summed E-state index contributed by atoms with van der Waals surface area (Å²) in [5, 5.41) is 17.3. The average molecular weight is 361 g/mol. The van der Waals surface area contributed by atoms with Gasteiger partial charge < -0.3 is 5.32 Å². The molecule has 8 nitrogen and oxygen atoms in total. The number of carbonyl (C=O) groups excluding carboxylic acids is 2. The van der Waals surface area contributed by atoms with E-state index >= 15 is 0 Å². The monoisotopic (exact) mass is 360 g/mol. The van der Waals surface area contributed by atoms with Crippen LogP contribution >= 0.6 is 11.6 Å². The number of amides is 2. The van der Waals surface area contributed by atoms with E-state index in [4.69, 9.17) is 11.6 Å². The molecule has 0 unspecified atom stereocenters. The molecule has 0 aliphatic rings. The Bertz CT molecular complexity index is 867. The van der Waals surface area contributed by atoms with Crippen molar-refractivity contribution < 1.29 is 14.5 Å². The van der Waals surface area contributed by atoms with E-state index in [0.717, 1.165) is 11.8 Å². The van der Waals surface area contributed by atoms with Gasteiger partial charge in [-0.1, -0.05) is 29.8 Å². The predicted octanol–water partition coefficient (Wildman–Crippen LogP) is 2.65. The van der Waals surface area contributed by atoms with Crippen molar-refractivity contribution in [2.75, 3.05) is 5.32 Å². The van der Waals surface area contributed by atoms with Crippen LogP contribution in [-0.2, 0) is 9.59 Å². The maximum Gasteiger partial charge on any atom is 0.329 e. The molecule has 9 heteroatoms. The Morgan fingerprint density at radius 3 is 2.64 bits per heavy atom. The zero-order valence-electron chi connectivity index (χ0n) is 13.0. The minimum atomic E-state index is -1.02. The van der Waals surface area contributed by atoms with Crippen molar-refractivity contribution in [1.29, 1.82) is 0 Å². The summed E-state index contributed by atoms with van der Waals surface area (Å²) in [6.07, 6.45) is 1.09. The number of nitro benzene ring substituents is 1. The molecule has 0 atom stereocenters. The van der Waals surface area contributed by atoms with Crippen LogP contribution < -0.4 is 10.7 Å². The Balaban J connectivity index is 2.01. The average Bonchev–Trinajstić information content (AvgIpc) is 2.58. The van der Waals surface area contributed by atoms with Gasteiger partial charge in [-0.2, -0.15) is 5.10 Å². The predicted molar refractivity (Wildman–Crippen MR) is 93.7 cm³/mol. The molecule has 2 aromatic rings. The molecule has 0 bridgehead atoms. The van der Waals surface area contributed by atoms with Gasteiger partial charge in [-0.05, 0) is 30.7 Å². The summed E-state index contributed by atoms with van der Waals surface area (Å²) in [5.74, 6) is -1.96. The third-order valence-electron chi connectivity index (χ3n) is 3.16. The fourth-order valence-electron chi connectivity index (χ4n) is 1.88. The SMILES string of the molecule is Cc1ccc(Cl)cc1NC(=O)C(=O)N/N=C\c1ccccc1[N+](=O)[O-]. The number of halogens is 1. The van der Waals surface area contributed by atoms with Crippen LogP contribution in [-0.4, -0.2) is 23.0 Å². The van der Waals surface area contributed by atoms with Gasteiger partial charge in [0.05, 0.1) is 16.7 Å². The zero-order valence-corrected chi connectivity index (χ0v) is 13.8. The van der Waals surface area contributed by atoms with Crippen molar-refractivity contribution in [2.45, 2.75) is 6.92 Å². The van der Waals surface area contributed by atoms with Gasteiger partial charge in [0.15, 0.2) is 0 Å². The van der Waals surface area contributed by atoms with Crippen LogP contribution in [0.2, 0.25) is 5.02 Å². The van der Waals surface area contributed by atoms with Crippen LogP contribution in [0, 0.1) is 17.0 Å². The quantitative estimate of drug-likeness (QED) is 0.377. The summed E-state index contributed by atoms with van der Waals surface area (Å²) in [6.45, 7) is 1.75. The number of hydrazone groups is 1. The Morgan fingerprint density at radius 1 is 1.20 bits per heavy atom. The first-order chi connectivity index (χ1) is 11.9. The first kappa shape index (κ1) is 18.1. The third kappa shape index (κ3) is 4.85. The standard InChI is InChI=1S/C16H13ClN4O4/c1-10-6-7-12(17)8-13(10)19-15(22)16(23)20-18-9-11-4-2-3-5-14(11)21(24)25/h2-9H,1H3,(H,19,22)(H,20,23)/b18-9-. The van der Waals surface area contributed by atoms with Crippen LogP contribution in [0.4, 0.5) is 11.4 Å². The minimum absolute atomic E-state index is 0.167. The van der Waals surface area contributed by atoms with E-state index in [9.17, 15) is 19.7 Å². The lowest BCUT2D eigenvalue weighted by atomic mass is 10.2. The Morgan fingerprint density at radius 2 is 1.92 bits per heavy atom. The maximum absolute atomic E-state index is 11.8. The highest BCUT2D eigenvalue weighted by Crippen LogP contribution is 2.20. The van der Waals surface area contributed by atoms with E-state index in [1.807, 2.05) is 5.43 Å². The Kier molecular flexibility index (Phi) is 5.80. The molecule has 0 fully saturated rings. The van der Waals surface area contributed by atoms with Gasteiger partial charge in [0.25, 0.3) is 5.69 Å². The summed E-state index contributed by atoms with van der Waals surface area (Å²) < 4.78 is 0. The molecule has 2 rings (SSSR count). The van der Waals surface area contributed by atoms with Gasteiger partial charge in [-0.25, -0.2) is 5.43 Å². The number of anilines is 1. The van der Waals surface area contributed by atoms with Gasteiger partial charge in [0, 0.05) is 16.8 Å². The minimum Gasteiger partial charge on any atom is -0.317 e. The molecule has 0 radical (unpaired) electrons. The highest BCUT2D eigenvalue weighted by Gasteiger charge is 2.15. The molecule has 0 aliphatic carbocycles. The van der Waals surface area contributed by atoms with Gasteiger partial charge in [-0.3, -0.25) is 19.7 Å². The molecule has 0 saturated carbocycles. The first-order valence-electron chi connectivity index (χ1n) is 7.02. The van der Waals surface area contributed by atoms with Crippen LogP contribution in [0.1, 0.15) is 11.1 Å². The van der Waals surface area contributed by atoms with Crippen LogP contribution in [0.25, 0.3) is 0 Å². The van der Waals surface area contributed by atoms with Crippen molar-refractivity contribution in [1.82, 2.24) is 5.43 Å².